The second-order valence-electron chi connectivity index (χ2n) is 4.73. The molecular formula is C15H19NO3. The maximum absolute atomic E-state index is 12.1. The minimum Gasteiger partial charge on any atom is -0.508 e. The largest absolute Gasteiger partial charge is 0.508 e. The van der Waals surface area contributed by atoms with Crippen molar-refractivity contribution < 1.29 is 14.6 Å². The van der Waals surface area contributed by atoms with Gasteiger partial charge in [0.05, 0.1) is 13.0 Å². The topological polar surface area (TPSA) is 49.8 Å². The molecule has 19 heavy (non-hydrogen) atoms. The van der Waals surface area contributed by atoms with Gasteiger partial charge in [-0.15, -0.1) is 0 Å². The van der Waals surface area contributed by atoms with Crippen LogP contribution in [0.25, 0.3) is 0 Å². The number of rotatable bonds is 4. The quantitative estimate of drug-likeness (QED) is 0.840. The third kappa shape index (κ3) is 3.83. The van der Waals surface area contributed by atoms with Crippen molar-refractivity contribution in [2.75, 3.05) is 26.8 Å². The maximum atomic E-state index is 12.1. The van der Waals surface area contributed by atoms with Gasteiger partial charge in [-0.2, -0.15) is 0 Å². The number of benzene rings is 1. The molecule has 4 heteroatoms. The second kappa shape index (κ2) is 6.38. The molecule has 1 amide bonds. The van der Waals surface area contributed by atoms with Crippen LogP contribution in [0, 0.1) is 0 Å². The molecule has 0 spiro atoms. The third-order valence-electron chi connectivity index (χ3n) is 3.25. The van der Waals surface area contributed by atoms with Crippen molar-refractivity contribution >= 4 is 5.91 Å². The maximum Gasteiger partial charge on any atom is 0.227 e. The Balaban J connectivity index is 1.91. The van der Waals surface area contributed by atoms with Crippen LogP contribution in [-0.2, 0) is 16.0 Å². The molecule has 4 nitrogen and oxygen atoms in total. The summed E-state index contributed by atoms with van der Waals surface area (Å²) in [4.78, 5) is 14.0. The summed E-state index contributed by atoms with van der Waals surface area (Å²) in [7, 11) is 1.68. The van der Waals surface area contributed by atoms with Gasteiger partial charge in [-0.25, -0.2) is 0 Å². The zero-order chi connectivity index (χ0) is 13.7. The molecule has 1 aliphatic heterocycles. The zero-order valence-corrected chi connectivity index (χ0v) is 11.1. The Morgan fingerprint density at radius 2 is 2.32 bits per heavy atom. The summed E-state index contributed by atoms with van der Waals surface area (Å²) in [6.45, 7) is 2.04. The van der Waals surface area contributed by atoms with Crippen LogP contribution in [0.3, 0.4) is 0 Å². The average molecular weight is 261 g/mol. The first kappa shape index (κ1) is 13.6. The highest BCUT2D eigenvalue weighted by atomic mass is 16.5. The van der Waals surface area contributed by atoms with Crippen molar-refractivity contribution in [3.63, 3.8) is 0 Å². The van der Waals surface area contributed by atoms with E-state index in [2.05, 4.69) is 6.08 Å². The van der Waals surface area contributed by atoms with Gasteiger partial charge in [0, 0.05) is 20.2 Å². The van der Waals surface area contributed by atoms with E-state index in [1.54, 1.807) is 25.3 Å². The SMILES string of the molecule is COCC1=CCN(C(=O)Cc2cccc(O)c2)CC1. The van der Waals surface area contributed by atoms with Crippen molar-refractivity contribution in [2.24, 2.45) is 0 Å². The number of methoxy groups -OCH3 is 1. The fraction of sp³-hybridized carbons (Fsp3) is 0.400. The van der Waals surface area contributed by atoms with E-state index in [1.165, 1.54) is 5.57 Å². The van der Waals surface area contributed by atoms with Crippen molar-refractivity contribution in [3.05, 3.63) is 41.5 Å². The smallest absolute Gasteiger partial charge is 0.227 e. The summed E-state index contributed by atoms with van der Waals surface area (Å²) in [5.74, 6) is 0.296. The second-order valence-corrected chi connectivity index (χ2v) is 4.73. The van der Waals surface area contributed by atoms with Gasteiger partial charge in [0.15, 0.2) is 0 Å². The Bertz CT molecular complexity index is 482. The third-order valence-corrected chi connectivity index (χ3v) is 3.25. The summed E-state index contributed by atoms with van der Waals surface area (Å²) in [5, 5.41) is 9.38. The van der Waals surface area contributed by atoms with E-state index >= 15 is 0 Å². The molecule has 0 fully saturated rings. The molecule has 1 heterocycles. The van der Waals surface area contributed by atoms with Gasteiger partial charge in [-0.05, 0) is 29.7 Å². The van der Waals surface area contributed by atoms with Crippen LogP contribution in [0.2, 0.25) is 0 Å². The van der Waals surface area contributed by atoms with E-state index in [4.69, 9.17) is 4.74 Å². The van der Waals surface area contributed by atoms with E-state index in [9.17, 15) is 9.90 Å². The molecule has 1 aromatic carbocycles. The van der Waals surface area contributed by atoms with Crippen LogP contribution < -0.4 is 0 Å². The Morgan fingerprint density at radius 1 is 1.47 bits per heavy atom. The minimum atomic E-state index is 0.0957. The molecule has 0 radical (unpaired) electrons. The summed E-state index contributed by atoms with van der Waals surface area (Å²) >= 11 is 0. The van der Waals surface area contributed by atoms with Crippen LogP contribution in [0.1, 0.15) is 12.0 Å². The lowest BCUT2D eigenvalue weighted by Gasteiger charge is -2.26. The average Bonchev–Trinajstić information content (AvgIpc) is 2.40. The molecule has 0 unspecified atom stereocenters. The molecule has 0 saturated carbocycles. The molecule has 0 atom stereocenters. The molecule has 1 aromatic rings. The molecular weight excluding hydrogens is 242 g/mol. The lowest BCUT2D eigenvalue weighted by molar-refractivity contribution is -0.130. The molecule has 0 saturated heterocycles. The fourth-order valence-corrected chi connectivity index (χ4v) is 2.21. The number of nitrogens with zero attached hydrogens (tertiary/aromatic N) is 1. The summed E-state index contributed by atoms with van der Waals surface area (Å²) < 4.78 is 5.09. The minimum absolute atomic E-state index is 0.0957. The van der Waals surface area contributed by atoms with Gasteiger partial charge in [0.1, 0.15) is 5.75 Å². The number of hydrogen-bond acceptors (Lipinski definition) is 3. The van der Waals surface area contributed by atoms with Crippen LogP contribution in [0.4, 0.5) is 0 Å². The molecule has 1 aliphatic rings. The lowest BCUT2D eigenvalue weighted by Crippen LogP contribution is -2.36. The summed E-state index contributed by atoms with van der Waals surface area (Å²) in [6, 6.07) is 6.85. The number of hydrogen-bond donors (Lipinski definition) is 1. The lowest BCUT2D eigenvalue weighted by atomic mass is 10.1. The first-order chi connectivity index (χ1) is 9.19. The molecule has 0 bridgehead atoms. The molecule has 0 aliphatic carbocycles. The summed E-state index contributed by atoms with van der Waals surface area (Å²) in [5.41, 5.74) is 2.10. The van der Waals surface area contributed by atoms with Crippen LogP contribution in [0.15, 0.2) is 35.9 Å². The van der Waals surface area contributed by atoms with E-state index < -0.39 is 0 Å². The monoisotopic (exact) mass is 261 g/mol. The number of phenolic OH excluding ortho intramolecular Hbond substituents is 1. The molecule has 1 N–H and O–H groups in total. The fourth-order valence-electron chi connectivity index (χ4n) is 2.21. The van der Waals surface area contributed by atoms with Gasteiger partial charge in [-0.3, -0.25) is 4.79 Å². The Morgan fingerprint density at radius 3 is 2.95 bits per heavy atom. The number of amides is 1. The normalized spacial score (nSPS) is 15.2. The Hall–Kier alpha value is -1.81. The molecule has 2 rings (SSSR count). The highest BCUT2D eigenvalue weighted by Crippen LogP contribution is 2.15. The van der Waals surface area contributed by atoms with E-state index in [-0.39, 0.29) is 11.7 Å². The van der Waals surface area contributed by atoms with Gasteiger partial charge in [-0.1, -0.05) is 18.2 Å². The molecule has 0 aromatic heterocycles. The number of carbonyl (C=O) groups is 1. The zero-order valence-electron chi connectivity index (χ0n) is 11.1. The predicted molar refractivity (Wildman–Crippen MR) is 73.0 cm³/mol. The first-order valence-electron chi connectivity index (χ1n) is 6.41. The Kier molecular flexibility index (Phi) is 4.58. The predicted octanol–water partition coefficient (Wildman–Crippen LogP) is 1.74. The van der Waals surface area contributed by atoms with Crippen LogP contribution >= 0.6 is 0 Å². The van der Waals surface area contributed by atoms with Crippen molar-refractivity contribution in [1.29, 1.82) is 0 Å². The van der Waals surface area contributed by atoms with Gasteiger partial charge in [0.25, 0.3) is 0 Å². The van der Waals surface area contributed by atoms with Crippen molar-refractivity contribution in [2.45, 2.75) is 12.8 Å². The summed E-state index contributed by atoms with van der Waals surface area (Å²) in [6.07, 6.45) is 3.27. The van der Waals surface area contributed by atoms with Gasteiger partial charge < -0.3 is 14.7 Å². The number of ether oxygens (including phenoxy) is 1. The van der Waals surface area contributed by atoms with Crippen LogP contribution in [-0.4, -0.2) is 42.7 Å². The highest BCUT2D eigenvalue weighted by molar-refractivity contribution is 5.79. The van der Waals surface area contributed by atoms with Crippen molar-refractivity contribution in [3.8, 4) is 5.75 Å². The standard InChI is InChI=1S/C15H19NO3/c1-19-11-12-5-7-16(8-6-12)15(18)10-13-3-2-4-14(17)9-13/h2-5,9,17H,6-8,10-11H2,1H3. The van der Waals surface area contributed by atoms with Crippen molar-refractivity contribution in [1.82, 2.24) is 4.90 Å². The first-order valence-corrected chi connectivity index (χ1v) is 6.41. The van der Waals surface area contributed by atoms with Gasteiger partial charge in [0.2, 0.25) is 5.91 Å². The highest BCUT2D eigenvalue weighted by Gasteiger charge is 2.17. The Labute approximate surface area is 113 Å². The van der Waals surface area contributed by atoms with Gasteiger partial charge >= 0.3 is 0 Å². The van der Waals surface area contributed by atoms with E-state index in [0.29, 0.717) is 19.6 Å². The van der Waals surface area contributed by atoms with E-state index in [1.807, 2.05) is 11.0 Å². The number of aromatic hydroxyl groups is 1. The molecule has 102 valence electrons. The van der Waals surface area contributed by atoms with E-state index in [0.717, 1.165) is 18.5 Å². The number of carbonyl (C=O) groups excluding carboxylic acids is 1. The van der Waals surface area contributed by atoms with Crippen LogP contribution in [0.5, 0.6) is 5.75 Å². The number of phenols is 1.